The van der Waals surface area contributed by atoms with E-state index in [-0.39, 0.29) is 16.7 Å². The smallest absolute Gasteiger partial charge is 0.277 e. The van der Waals surface area contributed by atoms with Gasteiger partial charge in [-0.25, -0.2) is 0 Å². The Balaban J connectivity index is 1.24. The van der Waals surface area contributed by atoms with E-state index >= 15 is 0 Å². The number of carbonyl (C=O) groups excluding carboxylic acids is 1. The number of carbonyl (C=O) groups is 1. The second kappa shape index (κ2) is 6.40. The summed E-state index contributed by atoms with van der Waals surface area (Å²) >= 11 is 1.32. The summed E-state index contributed by atoms with van der Waals surface area (Å²) in [6.07, 6.45) is 9.20. The Morgan fingerprint density at radius 2 is 1.89 bits per heavy atom. The highest BCUT2D eigenvalue weighted by molar-refractivity contribution is 8.00. The highest BCUT2D eigenvalue weighted by Crippen LogP contribution is 2.55. The van der Waals surface area contributed by atoms with Crippen LogP contribution >= 0.6 is 11.8 Å². The van der Waals surface area contributed by atoms with Gasteiger partial charge in [0.2, 0.25) is 5.91 Å². The maximum Gasteiger partial charge on any atom is 0.277 e. The molecule has 4 fully saturated rings. The Bertz CT molecular complexity index is 823. The second-order valence-electron chi connectivity index (χ2n) is 8.71. The van der Waals surface area contributed by atoms with Crippen molar-refractivity contribution in [3.05, 3.63) is 18.1 Å². The van der Waals surface area contributed by atoms with Crippen molar-refractivity contribution >= 4 is 17.7 Å². The van der Waals surface area contributed by atoms with Crippen LogP contribution in [0.2, 0.25) is 0 Å². The molecule has 4 bridgehead atoms. The van der Waals surface area contributed by atoms with Gasteiger partial charge in [-0.2, -0.15) is 0 Å². The van der Waals surface area contributed by atoms with Gasteiger partial charge in [0.05, 0.1) is 17.1 Å². The number of furan rings is 1. The molecule has 7 heteroatoms. The summed E-state index contributed by atoms with van der Waals surface area (Å²) in [6.45, 7) is 3.77. The highest BCUT2D eigenvalue weighted by atomic mass is 32.2. The zero-order valence-corrected chi connectivity index (χ0v) is 16.6. The lowest BCUT2D eigenvalue weighted by Crippen LogP contribution is -2.60. The number of aryl methyl sites for hydroxylation is 1. The number of thioether (sulfide) groups is 1. The van der Waals surface area contributed by atoms with Crippen LogP contribution in [0.15, 0.2) is 26.4 Å². The standard InChI is InChI=1S/C20H25N3O3S/c1-11-16(3-4-25-11)18-22-23-19(26-18)27-12(2)17(24)21-20-8-13-5-14(9-20)7-15(6-13)10-20/h3-4,12-15H,5-10H2,1-2H3,(H,21,24)/t12-,13?,14?,15?,20?/m1/s1. The molecule has 0 saturated heterocycles. The average molecular weight is 388 g/mol. The maximum atomic E-state index is 12.9. The number of amides is 1. The van der Waals surface area contributed by atoms with E-state index < -0.39 is 0 Å². The van der Waals surface area contributed by atoms with Gasteiger partial charge in [-0.15, -0.1) is 10.2 Å². The number of nitrogens with zero attached hydrogens (tertiary/aromatic N) is 2. The minimum atomic E-state index is -0.267. The van der Waals surface area contributed by atoms with Crippen molar-refractivity contribution < 1.29 is 13.6 Å². The Kier molecular flexibility index (Phi) is 4.11. The van der Waals surface area contributed by atoms with Crippen molar-refractivity contribution in [3.8, 4) is 11.5 Å². The van der Waals surface area contributed by atoms with Gasteiger partial charge in [0.15, 0.2) is 0 Å². The van der Waals surface area contributed by atoms with Gasteiger partial charge in [0, 0.05) is 5.54 Å². The number of nitrogens with one attached hydrogen (secondary N) is 1. The maximum absolute atomic E-state index is 12.9. The van der Waals surface area contributed by atoms with E-state index in [4.69, 9.17) is 8.83 Å². The number of hydrogen-bond acceptors (Lipinski definition) is 6. The van der Waals surface area contributed by atoms with Crippen molar-refractivity contribution in [2.24, 2.45) is 17.8 Å². The fraction of sp³-hybridized carbons (Fsp3) is 0.650. The molecule has 2 aromatic rings. The summed E-state index contributed by atoms with van der Waals surface area (Å²) in [5, 5.41) is 11.7. The van der Waals surface area contributed by atoms with Crippen molar-refractivity contribution in [2.45, 2.75) is 68.4 Å². The predicted octanol–water partition coefficient (Wildman–Crippen LogP) is 4.20. The van der Waals surface area contributed by atoms with Crippen molar-refractivity contribution in [1.29, 1.82) is 0 Å². The van der Waals surface area contributed by atoms with Crippen molar-refractivity contribution in [3.63, 3.8) is 0 Å². The van der Waals surface area contributed by atoms with Crippen LogP contribution in [-0.4, -0.2) is 26.9 Å². The number of hydrogen-bond donors (Lipinski definition) is 1. The van der Waals surface area contributed by atoms with Crippen LogP contribution in [0.25, 0.3) is 11.5 Å². The molecule has 4 aliphatic rings. The van der Waals surface area contributed by atoms with Crippen LogP contribution in [-0.2, 0) is 4.79 Å². The Labute approximate surface area is 162 Å². The average Bonchev–Trinajstić information content (AvgIpc) is 3.21. The van der Waals surface area contributed by atoms with Gasteiger partial charge >= 0.3 is 0 Å². The van der Waals surface area contributed by atoms with Crippen LogP contribution in [0.1, 0.15) is 51.2 Å². The van der Waals surface area contributed by atoms with E-state index in [9.17, 15) is 4.79 Å². The van der Waals surface area contributed by atoms with E-state index in [1.165, 1.54) is 31.0 Å². The molecule has 0 unspecified atom stereocenters. The van der Waals surface area contributed by atoms with Crippen LogP contribution in [0, 0.1) is 24.7 Å². The summed E-state index contributed by atoms with van der Waals surface area (Å²) in [4.78, 5) is 12.9. The monoisotopic (exact) mass is 387 g/mol. The molecule has 0 aromatic carbocycles. The lowest BCUT2D eigenvalue weighted by Gasteiger charge is -2.57. The van der Waals surface area contributed by atoms with Gasteiger partial charge in [0.25, 0.3) is 11.1 Å². The molecule has 2 heterocycles. The van der Waals surface area contributed by atoms with Crippen molar-refractivity contribution in [2.75, 3.05) is 0 Å². The van der Waals surface area contributed by atoms with E-state index in [1.54, 1.807) is 12.3 Å². The van der Waals surface area contributed by atoms with Crippen LogP contribution in [0.4, 0.5) is 0 Å². The molecule has 2 aromatic heterocycles. The largest absolute Gasteiger partial charge is 0.469 e. The van der Waals surface area contributed by atoms with Crippen LogP contribution < -0.4 is 5.32 Å². The summed E-state index contributed by atoms with van der Waals surface area (Å²) in [7, 11) is 0. The molecule has 27 heavy (non-hydrogen) atoms. The molecule has 144 valence electrons. The molecule has 0 radical (unpaired) electrons. The zero-order chi connectivity index (χ0) is 18.6. The lowest BCUT2D eigenvalue weighted by molar-refractivity contribution is -0.126. The fourth-order valence-electron chi connectivity index (χ4n) is 5.80. The summed E-state index contributed by atoms with van der Waals surface area (Å²) in [5.74, 6) is 3.70. The molecule has 4 saturated carbocycles. The first kappa shape index (κ1) is 17.3. The van der Waals surface area contributed by atoms with Gasteiger partial charge < -0.3 is 14.2 Å². The molecular weight excluding hydrogens is 362 g/mol. The highest BCUT2D eigenvalue weighted by Gasteiger charge is 2.51. The SMILES string of the molecule is Cc1occc1-c1nnc(S[C@H](C)C(=O)NC23CC4CC(CC(C4)C2)C3)o1. The van der Waals surface area contributed by atoms with Gasteiger partial charge in [-0.1, -0.05) is 11.8 Å². The molecule has 1 atom stereocenters. The minimum absolute atomic E-state index is 0.0363. The lowest BCUT2D eigenvalue weighted by atomic mass is 9.53. The molecule has 1 amide bonds. The van der Waals surface area contributed by atoms with E-state index in [0.717, 1.165) is 48.3 Å². The predicted molar refractivity (Wildman–Crippen MR) is 101 cm³/mol. The molecule has 4 aliphatic carbocycles. The zero-order valence-electron chi connectivity index (χ0n) is 15.7. The molecule has 0 aliphatic heterocycles. The first-order valence-corrected chi connectivity index (χ1v) is 10.7. The Morgan fingerprint density at radius 3 is 2.48 bits per heavy atom. The fourth-order valence-corrected chi connectivity index (χ4v) is 6.49. The Hall–Kier alpha value is -1.76. The topological polar surface area (TPSA) is 81.2 Å². The number of aromatic nitrogens is 2. The van der Waals surface area contributed by atoms with Crippen molar-refractivity contribution in [1.82, 2.24) is 15.5 Å². The summed E-state index contributed by atoms with van der Waals surface area (Å²) in [6, 6.07) is 1.81. The van der Waals surface area contributed by atoms with Gasteiger partial charge in [-0.05, 0) is 76.2 Å². The van der Waals surface area contributed by atoms with Crippen LogP contribution in [0.3, 0.4) is 0 Å². The molecule has 1 N–H and O–H groups in total. The third-order valence-corrected chi connectivity index (χ3v) is 7.50. The molecule has 6 rings (SSSR count). The minimum Gasteiger partial charge on any atom is -0.469 e. The summed E-state index contributed by atoms with van der Waals surface area (Å²) in [5.41, 5.74) is 0.828. The van der Waals surface area contributed by atoms with E-state index in [0.29, 0.717) is 11.1 Å². The quantitative estimate of drug-likeness (QED) is 0.774. The number of rotatable bonds is 5. The third-order valence-electron chi connectivity index (χ3n) is 6.57. The normalized spacial score (nSPS) is 32.6. The molecule has 6 nitrogen and oxygen atoms in total. The van der Waals surface area contributed by atoms with E-state index in [1.807, 2.05) is 13.8 Å². The summed E-state index contributed by atoms with van der Waals surface area (Å²) < 4.78 is 11.0. The first-order valence-electron chi connectivity index (χ1n) is 9.86. The van der Waals surface area contributed by atoms with Gasteiger partial charge in [0.1, 0.15) is 5.76 Å². The Morgan fingerprint density at radius 1 is 1.22 bits per heavy atom. The van der Waals surface area contributed by atoms with E-state index in [2.05, 4.69) is 15.5 Å². The van der Waals surface area contributed by atoms with Crippen LogP contribution in [0.5, 0.6) is 0 Å². The first-order chi connectivity index (χ1) is 13.0. The molecule has 0 spiro atoms. The van der Waals surface area contributed by atoms with Gasteiger partial charge in [-0.3, -0.25) is 4.79 Å². The third kappa shape index (κ3) is 3.20. The second-order valence-corrected chi connectivity index (χ2v) is 10.0. The molecular formula is C20H25N3O3S.